The molecule has 2 aromatic carbocycles. The number of halogens is 1. The molecule has 0 unspecified atom stereocenters. The van der Waals surface area contributed by atoms with E-state index in [-0.39, 0.29) is 11.1 Å². The van der Waals surface area contributed by atoms with Crippen LogP contribution in [0.15, 0.2) is 42.0 Å². The Morgan fingerprint density at radius 1 is 1.28 bits per heavy atom. The minimum Gasteiger partial charge on any atom is -0.493 e. The molecule has 0 N–H and O–H groups in total. The van der Waals surface area contributed by atoms with Crippen LogP contribution in [0, 0.1) is 17.1 Å². The lowest BCUT2D eigenvalue weighted by molar-refractivity contribution is 0.103. The standard InChI is InChI=1S/C19H14FNO4/c1-23-16-9-12(10-17-19(16)25-7-6-24-17)8-13(11-21)18(22)14-4-2-3-5-15(14)20/h2-5,8-10H,6-7H2,1H3/b13-8+. The normalized spacial score (nSPS) is 13.1. The third kappa shape index (κ3) is 3.31. The maximum absolute atomic E-state index is 13.8. The van der Waals surface area contributed by atoms with Gasteiger partial charge in [0.2, 0.25) is 11.5 Å². The number of carbonyl (C=O) groups excluding carboxylic acids is 1. The molecule has 6 heteroatoms. The molecule has 0 bridgehead atoms. The van der Waals surface area contributed by atoms with E-state index < -0.39 is 11.6 Å². The Balaban J connectivity index is 2.02. The fourth-order valence-electron chi connectivity index (χ4n) is 2.48. The summed E-state index contributed by atoms with van der Waals surface area (Å²) in [5.41, 5.74) is 0.172. The van der Waals surface area contributed by atoms with Crippen molar-refractivity contribution in [2.24, 2.45) is 0 Å². The number of benzene rings is 2. The van der Waals surface area contributed by atoms with Gasteiger partial charge in [-0.15, -0.1) is 0 Å². The Bertz CT molecular complexity index is 882. The maximum Gasteiger partial charge on any atom is 0.206 e. The molecule has 0 radical (unpaired) electrons. The monoisotopic (exact) mass is 339 g/mol. The van der Waals surface area contributed by atoms with Gasteiger partial charge >= 0.3 is 0 Å². The Morgan fingerprint density at radius 2 is 2.04 bits per heavy atom. The van der Waals surface area contributed by atoms with Crippen molar-refractivity contribution in [1.82, 2.24) is 0 Å². The number of fused-ring (bicyclic) bond motifs is 1. The average Bonchev–Trinajstić information content (AvgIpc) is 2.65. The fourth-order valence-corrected chi connectivity index (χ4v) is 2.48. The zero-order valence-corrected chi connectivity index (χ0v) is 13.4. The van der Waals surface area contributed by atoms with Crippen LogP contribution in [0.2, 0.25) is 0 Å². The third-order valence-electron chi connectivity index (χ3n) is 3.64. The number of carbonyl (C=O) groups is 1. The zero-order chi connectivity index (χ0) is 17.8. The van der Waals surface area contributed by atoms with E-state index >= 15 is 0 Å². The smallest absolute Gasteiger partial charge is 0.206 e. The summed E-state index contributed by atoms with van der Waals surface area (Å²) in [4.78, 5) is 12.4. The second-order valence-electron chi connectivity index (χ2n) is 5.23. The minimum atomic E-state index is -0.686. The summed E-state index contributed by atoms with van der Waals surface area (Å²) in [6.45, 7) is 0.802. The Kier molecular flexibility index (Phi) is 4.66. The molecule has 0 amide bonds. The Morgan fingerprint density at radius 3 is 2.76 bits per heavy atom. The predicted molar refractivity (Wildman–Crippen MR) is 88.3 cm³/mol. The molecule has 2 aromatic rings. The minimum absolute atomic E-state index is 0.153. The molecule has 1 aliphatic rings. The predicted octanol–water partition coefficient (Wildman–Crippen LogP) is 3.40. The summed E-state index contributed by atoms with van der Waals surface area (Å²) in [5, 5.41) is 9.33. The molecule has 25 heavy (non-hydrogen) atoms. The van der Waals surface area contributed by atoms with Crippen molar-refractivity contribution in [3.05, 3.63) is 58.9 Å². The highest BCUT2D eigenvalue weighted by molar-refractivity contribution is 6.14. The van der Waals surface area contributed by atoms with Crippen molar-refractivity contribution in [2.75, 3.05) is 20.3 Å². The van der Waals surface area contributed by atoms with Crippen molar-refractivity contribution in [2.45, 2.75) is 0 Å². The van der Waals surface area contributed by atoms with E-state index in [0.29, 0.717) is 36.0 Å². The van der Waals surface area contributed by atoms with E-state index in [1.165, 1.54) is 31.4 Å². The number of hydrogen-bond donors (Lipinski definition) is 0. The summed E-state index contributed by atoms with van der Waals surface area (Å²) < 4.78 is 30.1. The van der Waals surface area contributed by atoms with Crippen LogP contribution in [0.5, 0.6) is 17.2 Å². The number of hydrogen-bond acceptors (Lipinski definition) is 5. The second kappa shape index (κ2) is 7.05. The molecule has 126 valence electrons. The summed E-state index contributed by atoms with van der Waals surface area (Å²) in [5.74, 6) is 0.0132. The van der Waals surface area contributed by atoms with Crippen LogP contribution in [0.25, 0.3) is 6.08 Å². The molecular formula is C19H14FNO4. The molecule has 5 nitrogen and oxygen atoms in total. The van der Waals surface area contributed by atoms with Crippen LogP contribution in [0.4, 0.5) is 4.39 Å². The molecule has 1 aliphatic heterocycles. The van der Waals surface area contributed by atoms with E-state index in [9.17, 15) is 14.4 Å². The van der Waals surface area contributed by atoms with Crippen LogP contribution in [0.3, 0.4) is 0 Å². The van der Waals surface area contributed by atoms with Gasteiger partial charge in [-0.2, -0.15) is 5.26 Å². The molecule has 0 spiro atoms. The topological polar surface area (TPSA) is 68.5 Å². The highest BCUT2D eigenvalue weighted by Gasteiger charge is 2.20. The first-order valence-electron chi connectivity index (χ1n) is 7.52. The molecule has 0 atom stereocenters. The first-order chi connectivity index (χ1) is 12.1. The first-order valence-corrected chi connectivity index (χ1v) is 7.52. The van der Waals surface area contributed by atoms with Crippen molar-refractivity contribution in [1.29, 1.82) is 5.26 Å². The second-order valence-corrected chi connectivity index (χ2v) is 5.23. The van der Waals surface area contributed by atoms with Gasteiger partial charge < -0.3 is 14.2 Å². The van der Waals surface area contributed by atoms with Gasteiger partial charge in [0.25, 0.3) is 0 Å². The van der Waals surface area contributed by atoms with Gasteiger partial charge in [-0.25, -0.2) is 4.39 Å². The van der Waals surface area contributed by atoms with Crippen LogP contribution in [-0.2, 0) is 0 Å². The summed E-state index contributed by atoms with van der Waals surface area (Å²) >= 11 is 0. The largest absolute Gasteiger partial charge is 0.493 e. The molecule has 3 rings (SSSR count). The molecule has 0 saturated heterocycles. The van der Waals surface area contributed by atoms with Gasteiger partial charge in [-0.3, -0.25) is 4.79 Å². The van der Waals surface area contributed by atoms with E-state index in [4.69, 9.17) is 14.2 Å². The van der Waals surface area contributed by atoms with Gasteiger partial charge in [0.1, 0.15) is 30.7 Å². The van der Waals surface area contributed by atoms with Gasteiger partial charge in [-0.1, -0.05) is 12.1 Å². The van der Waals surface area contributed by atoms with Crippen molar-refractivity contribution in [3.63, 3.8) is 0 Å². The number of allylic oxidation sites excluding steroid dienone is 1. The van der Waals surface area contributed by atoms with Crippen LogP contribution >= 0.6 is 0 Å². The summed E-state index contributed by atoms with van der Waals surface area (Å²) in [7, 11) is 1.48. The van der Waals surface area contributed by atoms with Crippen LogP contribution in [-0.4, -0.2) is 26.1 Å². The maximum atomic E-state index is 13.8. The molecular weight excluding hydrogens is 325 g/mol. The summed E-state index contributed by atoms with van der Waals surface area (Å²) in [6.07, 6.45) is 1.37. The SMILES string of the molecule is COc1cc(/C=C(\C#N)C(=O)c2ccccc2F)cc2c1OCCO2. The van der Waals surface area contributed by atoms with Gasteiger partial charge in [0.15, 0.2) is 11.5 Å². The number of ether oxygens (including phenoxy) is 3. The average molecular weight is 339 g/mol. The first kappa shape index (κ1) is 16.5. The summed E-state index contributed by atoms with van der Waals surface area (Å²) in [6, 6.07) is 10.6. The lowest BCUT2D eigenvalue weighted by atomic mass is 10.0. The van der Waals surface area contributed by atoms with Gasteiger partial charge in [0.05, 0.1) is 12.7 Å². The van der Waals surface area contributed by atoms with Crippen molar-refractivity contribution < 1.29 is 23.4 Å². The van der Waals surface area contributed by atoms with E-state index in [1.807, 2.05) is 6.07 Å². The highest BCUT2D eigenvalue weighted by Crippen LogP contribution is 2.40. The molecule has 0 aliphatic carbocycles. The highest BCUT2D eigenvalue weighted by atomic mass is 19.1. The van der Waals surface area contributed by atoms with E-state index in [2.05, 4.69) is 0 Å². The molecule has 0 fully saturated rings. The zero-order valence-electron chi connectivity index (χ0n) is 13.4. The molecule has 1 heterocycles. The molecule has 0 aromatic heterocycles. The number of rotatable bonds is 4. The Labute approximate surface area is 143 Å². The van der Waals surface area contributed by atoms with Crippen molar-refractivity contribution >= 4 is 11.9 Å². The lowest BCUT2D eigenvalue weighted by Gasteiger charge is -2.21. The third-order valence-corrected chi connectivity index (χ3v) is 3.64. The quantitative estimate of drug-likeness (QED) is 0.485. The van der Waals surface area contributed by atoms with Crippen LogP contribution in [0.1, 0.15) is 15.9 Å². The fraction of sp³-hybridized carbons (Fsp3) is 0.158. The number of nitrogens with zero attached hydrogens (tertiary/aromatic N) is 1. The number of Topliss-reactive ketones (excluding diaryl/α,β-unsaturated/α-hetero) is 1. The van der Waals surface area contributed by atoms with Gasteiger partial charge in [-0.05, 0) is 35.9 Å². The van der Waals surface area contributed by atoms with Crippen molar-refractivity contribution in [3.8, 4) is 23.3 Å². The number of methoxy groups -OCH3 is 1. The lowest BCUT2D eigenvalue weighted by Crippen LogP contribution is -2.16. The molecule has 0 saturated carbocycles. The number of nitriles is 1. The van der Waals surface area contributed by atoms with E-state index in [1.54, 1.807) is 18.2 Å². The number of ketones is 1. The van der Waals surface area contributed by atoms with E-state index in [0.717, 1.165) is 0 Å². The van der Waals surface area contributed by atoms with Gasteiger partial charge in [0, 0.05) is 0 Å². The van der Waals surface area contributed by atoms with Crippen LogP contribution < -0.4 is 14.2 Å². The Hall–Kier alpha value is -3.33.